The lowest BCUT2D eigenvalue weighted by Gasteiger charge is -2.36. The quantitative estimate of drug-likeness (QED) is 0.549. The Morgan fingerprint density at radius 1 is 1.10 bits per heavy atom. The number of likely N-dealkylation sites (tertiary alicyclic amines) is 1. The average Bonchev–Trinajstić information content (AvgIpc) is 2.66. The molecule has 1 aromatic rings. The Bertz CT molecular complexity index is 754. The number of carbonyl (C=O) groups is 4. The number of amides is 2. The second-order valence-electron chi connectivity index (χ2n) is 7.85. The summed E-state index contributed by atoms with van der Waals surface area (Å²) in [6, 6.07) is 8.10. The first kappa shape index (κ1) is 22.4. The summed E-state index contributed by atoms with van der Waals surface area (Å²) < 4.78 is 15.2. The number of piperidine rings is 1. The number of hydrogen-bond acceptors (Lipinski definition) is 7. The number of methoxy groups -OCH3 is 1. The Hall–Kier alpha value is -2.90. The van der Waals surface area contributed by atoms with Crippen molar-refractivity contribution in [2.75, 3.05) is 7.11 Å². The van der Waals surface area contributed by atoms with E-state index < -0.39 is 41.5 Å². The van der Waals surface area contributed by atoms with Crippen LogP contribution in [0.15, 0.2) is 30.3 Å². The number of rotatable bonds is 5. The maximum absolute atomic E-state index is 12.9. The summed E-state index contributed by atoms with van der Waals surface area (Å²) in [6.45, 7) is 5.07. The molecule has 2 atom stereocenters. The molecule has 8 heteroatoms. The van der Waals surface area contributed by atoms with Gasteiger partial charge < -0.3 is 14.2 Å². The molecule has 2 rings (SSSR count). The van der Waals surface area contributed by atoms with Gasteiger partial charge in [-0.15, -0.1) is 0 Å². The fourth-order valence-electron chi connectivity index (χ4n) is 3.04. The Balaban J connectivity index is 2.06. The molecule has 1 saturated heterocycles. The van der Waals surface area contributed by atoms with E-state index in [1.165, 1.54) is 7.11 Å². The molecule has 158 valence electrons. The van der Waals surface area contributed by atoms with E-state index in [0.717, 1.165) is 10.5 Å². The van der Waals surface area contributed by atoms with Crippen molar-refractivity contribution in [3.05, 3.63) is 35.9 Å². The first-order valence-corrected chi connectivity index (χ1v) is 9.46. The number of hydrogen-bond donors (Lipinski definition) is 0. The minimum atomic E-state index is -1.07. The highest BCUT2D eigenvalue weighted by Gasteiger charge is 2.45. The molecule has 1 aliphatic rings. The van der Waals surface area contributed by atoms with Gasteiger partial charge in [-0.2, -0.15) is 0 Å². The molecule has 1 heterocycles. The molecule has 2 amide bonds. The number of imide groups is 1. The van der Waals surface area contributed by atoms with Gasteiger partial charge in [0.15, 0.2) is 0 Å². The van der Waals surface area contributed by atoms with Crippen LogP contribution < -0.4 is 0 Å². The molecule has 0 N–H and O–H groups in total. The summed E-state index contributed by atoms with van der Waals surface area (Å²) in [7, 11) is 1.19. The molecule has 0 radical (unpaired) electrons. The molecule has 1 fully saturated rings. The maximum Gasteiger partial charge on any atom is 0.417 e. The molecule has 1 aliphatic heterocycles. The van der Waals surface area contributed by atoms with Crippen LogP contribution in [0.1, 0.15) is 45.6 Å². The second-order valence-corrected chi connectivity index (χ2v) is 7.85. The van der Waals surface area contributed by atoms with Crippen molar-refractivity contribution >= 4 is 23.9 Å². The van der Waals surface area contributed by atoms with Crippen LogP contribution in [0.25, 0.3) is 0 Å². The van der Waals surface area contributed by atoms with Gasteiger partial charge in [-0.25, -0.2) is 14.5 Å². The lowest BCUT2D eigenvalue weighted by atomic mass is 9.89. The van der Waals surface area contributed by atoms with Crippen LogP contribution in [0, 0.1) is 5.92 Å². The van der Waals surface area contributed by atoms with Gasteiger partial charge in [0.2, 0.25) is 5.91 Å². The standard InChI is InChI=1S/C21H27NO7/c1-21(2,3)29-20(26)22-16(19(25)27-4)11-10-15(18(22)24)12-17(23)28-13-14-8-6-5-7-9-14/h5-9,15-16H,10-13H2,1-4H3/t15?,16-/m0/s1. The Kier molecular flexibility index (Phi) is 7.36. The lowest BCUT2D eigenvalue weighted by molar-refractivity contribution is -0.159. The summed E-state index contributed by atoms with van der Waals surface area (Å²) in [6.07, 6.45) is -0.661. The average molecular weight is 405 g/mol. The highest BCUT2D eigenvalue weighted by molar-refractivity contribution is 5.99. The summed E-state index contributed by atoms with van der Waals surface area (Å²) >= 11 is 0. The van der Waals surface area contributed by atoms with Gasteiger partial charge in [-0.3, -0.25) is 9.59 Å². The van der Waals surface area contributed by atoms with Crippen molar-refractivity contribution in [1.29, 1.82) is 0 Å². The van der Waals surface area contributed by atoms with E-state index in [0.29, 0.717) is 0 Å². The molecule has 0 bridgehead atoms. The van der Waals surface area contributed by atoms with Gasteiger partial charge in [-0.1, -0.05) is 30.3 Å². The third-order valence-electron chi connectivity index (χ3n) is 4.41. The van der Waals surface area contributed by atoms with E-state index in [1.54, 1.807) is 20.8 Å². The number of esters is 2. The molecule has 8 nitrogen and oxygen atoms in total. The smallest absolute Gasteiger partial charge is 0.417 e. The number of ether oxygens (including phenoxy) is 3. The molecule has 1 unspecified atom stereocenters. The highest BCUT2D eigenvalue weighted by Crippen LogP contribution is 2.28. The van der Waals surface area contributed by atoms with Crippen molar-refractivity contribution in [1.82, 2.24) is 4.90 Å². The van der Waals surface area contributed by atoms with E-state index in [9.17, 15) is 19.2 Å². The van der Waals surface area contributed by atoms with E-state index >= 15 is 0 Å². The number of nitrogens with zero attached hydrogens (tertiary/aromatic N) is 1. The van der Waals surface area contributed by atoms with Crippen LogP contribution in [-0.2, 0) is 35.2 Å². The third kappa shape index (κ3) is 6.30. The monoisotopic (exact) mass is 405 g/mol. The van der Waals surface area contributed by atoms with E-state index in [2.05, 4.69) is 0 Å². The molecule has 0 aromatic heterocycles. The van der Waals surface area contributed by atoms with Crippen molar-refractivity contribution in [2.45, 2.75) is 58.3 Å². The lowest BCUT2D eigenvalue weighted by Crippen LogP contribution is -2.56. The van der Waals surface area contributed by atoms with E-state index in [4.69, 9.17) is 14.2 Å². The third-order valence-corrected chi connectivity index (χ3v) is 4.41. The molecule has 1 aromatic carbocycles. The predicted octanol–water partition coefficient (Wildman–Crippen LogP) is 2.84. The van der Waals surface area contributed by atoms with Gasteiger partial charge in [0.05, 0.1) is 13.5 Å². The fraction of sp³-hybridized carbons (Fsp3) is 0.524. The largest absolute Gasteiger partial charge is 0.467 e. The number of benzene rings is 1. The SMILES string of the molecule is COC(=O)[C@@H]1CCC(CC(=O)OCc2ccccc2)C(=O)N1C(=O)OC(C)(C)C. The van der Waals surface area contributed by atoms with Gasteiger partial charge in [0, 0.05) is 5.92 Å². The minimum absolute atomic E-state index is 0.0984. The van der Waals surface area contributed by atoms with Crippen LogP contribution in [0.3, 0.4) is 0 Å². The molecular weight excluding hydrogens is 378 g/mol. The maximum atomic E-state index is 12.9. The molecule has 0 saturated carbocycles. The van der Waals surface area contributed by atoms with E-state index in [-0.39, 0.29) is 25.9 Å². The zero-order valence-electron chi connectivity index (χ0n) is 17.2. The topological polar surface area (TPSA) is 99.2 Å². The van der Waals surface area contributed by atoms with Crippen molar-refractivity contribution in [2.24, 2.45) is 5.92 Å². The second kappa shape index (κ2) is 9.54. The van der Waals surface area contributed by atoms with Crippen LogP contribution in [0.5, 0.6) is 0 Å². The Morgan fingerprint density at radius 2 is 1.76 bits per heavy atom. The minimum Gasteiger partial charge on any atom is -0.467 e. The van der Waals surface area contributed by atoms with Gasteiger partial charge in [0.1, 0.15) is 18.2 Å². The molecular formula is C21H27NO7. The highest BCUT2D eigenvalue weighted by atomic mass is 16.6. The summed E-state index contributed by atoms with van der Waals surface area (Å²) in [5.41, 5.74) is -0.0171. The van der Waals surface area contributed by atoms with Crippen molar-refractivity contribution in [3.63, 3.8) is 0 Å². The summed E-state index contributed by atoms with van der Waals surface area (Å²) in [5.74, 6) is -2.66. The normalized spacial score (nSPS) is 19.4. The van der Waals surface area contributed by atoms with Crippen molar-refractivity contribution < 1.29 is 33.4 Å². The summed E-state index contributed by atoms with van der Waals surface area (Å²) in [5, 5.41) is 0. The zero-order valence-corrected chi connectivity index (χ0v) is 17.2. The predicted molar refractivity (Wildman–Crippen MR) is 102 cm³/mol. The molecule has 0 spiro atoms. The van der Waals surface area contributed by atoms with Crippen LogP contribution in [0.2, 0.25) is 0 Å². The van der Waals surface area contributed by atoms with Crippen LogP contribution in [-0.4, -0.2) is 47.6 Å². The van der Waals surface area contributed by atoms with Crippen molar-refractivity contribution in [3.8, 4) is 0 Å². The molecule has 29 heavy (non-hydrogen) atoms. The van der Waals surface area contributed by atoms with Gasteiger partial charge >= 0.3 is 18.0 Å². The van der Waals surface area contributed by atoms with Gasteiger partial charge in [0.25, 0.3) is 0 Å². The summed E-state index contributed by atoms with van der Waals surface area (Å²) in [4.78, 5) is 50.5. The Morgan fingerprint density at radius 3 is 2.34 bits per heavy atom. The molecule has 0 aliphatic carbocycles. The first-order chi connectivity index (χ1) is 13.6. The van der Waals surface area contributed by atoms with E-state index in [1.807, 2.05) is 30.3 Å². The first-order valence-electron chi connectivity index (χ1n) is 9.46. The zero-order chi connectivity index (χ0) is 21.6. The van der Waals surface area contributed by atoms with Gasteiger partial charge in [-0.05, 0) is 39.2 Å². The fourth-order valence-corrected chi connectivity index (χ4v) is 3.04. The number of carbonyl (C=O) groups excluding carboxylic acids is 4. The van der Waals surface area contributed by atoms with Crippen LogP contribution in [0.4, 0.5) is 4.79 Å². The Labute approximate surface area is 170 Å². The van der Waals surface area contributed by atoms with Crippen LogP contribution >= 0.6 is 0 Å².